The summed E-state index contributed by atoms with van der Waals surface area (Å²) in [5.41, 5.74) is 7.61. The van der Waals surface area contributed by atoms with Crippen molar-refractivity contribution in [2.75, 3.05) is 37.6 Å². The normalized spacial score (nSPS) is 15.9. The van der Waals surface area contributed by atoms with Crippen LogP contribution in [0, 0.1) is 5.41 Å². The Labute approximate surface area is 202 Å². The van der Waals surface area contributed by atoms with Gasteiger partial charge in [-0.1, -0.05) is 66.7 Å². The van der Waals surface area contributed by atoms with Crippen molar-refractivity contribution in [2.45, 2.75) is 26.5 Å². The summed E-state index contributed by atoms with van der Waals surface area (Å²) in [6.07, 6.45) is -0.0103. The van der Waals surface area contributed by atoms with E-state index in [1.54, 1.807) is 6.92 Å². The molecule has 4 rings (SSSR count). The number of hydrogen-bond acceptors (Lipinski definition) is 5. The highest BCUT2D eigenvalue weighted by Gasteiger charge is 2.23. The third-order valence-corrected chi connectivity index (χ3v) is 6.31. The van der Waals surface area contributed by atoms with Gasteiger partial charge in [-0.2, -0.15) is 0 Å². The summed E-state index contributed by atoms with van der Waals surface area (Å²) >= 11 is 0. The molecule has 1 heterocycles. The highest BCUT2D eigenvalue weighted by molar-refractivity contribution is 6.00. The first-order valence-corrected chi connectivity index (χ1v) is 12.0. The van der Waals surface area contributed by atoms with Gasteiger partial charge < -0.3 is 15.4 Å². The van der Waals surface area contributed by atoms with Crippen LogP contribution in [-0.4, -0.2) is 60.4 Å². The molecule has 0 aliphatic carbocycles. The van der Waals surface area contributed by atoms with E-state index in [2.05, 4.69) is 87.6 Å². The van der Waals surface area contributed by atoms with E-state index < -0.39 is 6.23 Å². The summed E-state index contributed by atoms with van der Waals surface area (Å²) in [7, 11) is 0. The van der Waals surface area contributed by atoms with E-state index in [-0.39, 0.29) is 0 Å². The molecule has 2 N–H and O–H groups in total. The maximum atomic E-state index is 10.6. The van der Waals surface area contributed by atoms with Crippen LogP contribution in [0.25, 0.3) is 22.3 Å². The van der Waals surface area contributed by atoms with Gasteiger partial charge in [0.05, 0.1) is 6.54 Å². The van der Waals surface area contributed by atoms with Gasteiger partial charge in [-0.25, -0.2) is 0 Å². The molecule has 34 heavy (non-hydrogen) atoms. The summed E-state index contributed by atoms with van der Waals surface area (Å²) in [6, 6.07) is 27.8. The molecule has 1 aliphatic rings. The van der Waals surface area contributed by atoms with Crippen LogP contribution >= 0.6 is 0 Å². The van der Waals surface area contributed by atoms with E-state index in [9.17, 15) is 5.11 Å². The number of nitrogens with one attached hydrogen (secondary N) is 1. The lowest BCUT2D eigenvalue weighted by atomic mass is 9.97. The Hall–Kier alpha value is -3.28. The van der Waals surface area contributed by atoms with Crippen LogP contribution in [0.3, 0.4) is 0 Å². The van der Waals surface area contributed by atoms with Crippen molar-refractivity contribution in [1.29, 1.82) is 5.41 Å². The minimum absolute atomic E-state index is 0.363. The first-order chi connectivity index (χ1) is 16.5. The van der Waals surface area contributed by atoms with Crippen LogP contribution in [0.15, 0.2) is 83.9 Å². The number of hydrogen-bond donors (Lipinski definition) is 2. The molecule has 0 aromatic heterocycles. The zero-order valence-electron chi connectivity index (χ0n) is 20.1. The summed E-state index contributed by atoms with van der Waals surface area (Å²) < 4.78 is 0. The van der Waals surface area contributed by atoms with Crippen molar-refractivity contribution in [1.82, 2.24) is 4.90 Å². The summed E-state index contributed by atoms with van der Waals surface area (Å²) in [4.78, 5) is 8.99. The van der Waals surface area contributed by atoms with E-state index >= 15 is 0 Å². The molecule has 0 bridgehead atoms. The maximum absolute atomic E-state index is 10.6. The zero-order chi connectivity index (χ0) is 23.9. The van der Waals surface area contributed by atoms with Gasteiger partial charge in [0.25, 0.3) is 0 Å². The molecule has 5 heteroatoms. The summed E-state index contributed by atoms with van der Waals surface area (Å²) in [5, 5.41) is 18.2. The highest BCUT2D eigenvalue weighted by Crippen LogP contribution is 2.33. The highest BCUT2D eigenvalue weighted by atomic mass is 16.3. The van der Waals surface area contributed by atoms with Crippen molar-refractivity contribution < 1.29 is 5.11 Å². The zero-order valence-corrected chi connectivity index (χ0v) is 20.1. The Morgan fingerprint density at radius 3 is 2.24 bits per heavy atom. The fourth-order valence-electron chi connectivity index (χ4n) is 4.54. The number of anilines is 1. The molecule has 0 radical (unpaired) electrons. The predicted molar refractivity (Wildman–Crippen MR) is 143 cm³/mol. The Balaban J connectivity index is 1.45. The van der Waals surface area contributed by atoms with Crippen molar-refractivity contribution >= 4 is 17.1 Å². The largest absolute Gasteiger partial charge is 0.376 e. The average Bonchev–Trinajstić information content (AvgIpc) is 2.87. The van der Waals surface area contributed by atoms with Gasteiger partial charge in [0, 0.05) is 55.3 Å². The van der Waals surface area contributed by atoms with Gasteiger partial charge in [-0.3, -0.25) is 9.89 Å². The van der Waals surface area contributed by atoms with Gasteiger partial charge in [0.15, 0.2) is 0 Å². The SMILES string of the molecule is CC(=N)CC(C)=NCC(O)N1CCN(c2ccccc2-c2cccc(-c3ccccc3)c2)CC1. The molecule has 3 aromatic rings. The molecule has 1 atom stereocenters. The molecule has 0 saturated carbocycles. The number of aliphatic imine (C=N–C) groups is 1. The van der Waals surface area contributed by atoms with Crippen LogP contribution in [0.2, 0.25) is 0 Å². The van der Waals surface area contributed by atoms with Gasteiger partial charge in [-0.05, 0) is 42.7 Å². The van der Waals surface area contributed by atoms with Crippen molar-refractivity contribution in [2.24, 2.45) is 4.99 Å². The van der Waals surface area contributed by atoms with Gasteiger partial charge >= 0.3 is 0 Å². The Bertz CT molecular complexity index is 1130. The van der Waals surface area contributed by atoms with E-state index in [0.717, 1.165) is 31.9 Å². The molecule has 3 aromatic carbocycles. The fraction of sp³-hybridized carbons (Fsp3) is 0.310. The Morgan fingerprint density at radius 2 is 1.50 bits per heavy atom. The molecule has 1 unspecified atom stereocenters. The van der Waals surface area contributed by atoms with Gasteiger partial charge in [-0.15, -0.1) is 0 Å². The smallest absolute Gasteiger partial charge is 0.127 e. The standard InChI is InChI=1S/C29H34N4O/c1-22(30)19-23(2)31-21-29(34)33-17-15-32(16-18-33)28-14-7-6-13-27(28)26-12-8-11-25(20-26)24-9-4-3-5-10-24/h3-14,20,29-30,34H,15-19,21H2,1-2H3. The maximum Gasteiger partial charge on any atom is 0.127 e. The minimum atomic E-state index is -0.582. The van der Waals surface area contributed by atoms with E-state index in [1.165, 1.54) is 27.9 Å². The second kappa shape index (κ2) is 11.2. The molecular formula is C29H34N4O. The predicted octanol–water partition coefficient (Wildman–Crippen LogP) is 5.35. The Morgan fingerprint density at radius 1 is 0.853 bits per heavy atom. The summed E-state index contributed by atoms with van der Waals surface area (Å²) in [6.45, 7) is 7.36. The monoisotopic (exact) mass is 454 g/mol. The van der Waals surface area contributed by atoms with Gasteiger partial charge in [0.2, 0.25) is 0 Å². The molecule has 1 fully saturated rings. The lowest BCUT2D eigenvalue weighted by molar-refractivity contribution is 0.00807. The number of benzene rings is 3. The van der Waals surface area contributed by atoms with Crippen LogP contribution in [-0.2, 0) is 0 Å². The minimum Gasteiger partial charge on any atom is -0.376 e. The molecule has 1 saturated heterocycles. The number of aliphatic hydroxyl groups excluding tert-OH is 1. The van der Waals surface area contributed by atoms with Gasteiger partial charge in [0.1, 0.15) is 6.23 Å². The van der Waals surface area contributed by atoms with Crippen molar-refractivity contribution in [3.05, 3.63) is 78.9 Å². The molecule has 0 spiro atoms. The first kappa shape index (κ1) is 23.9. The van der Waals surface area contributed by atoms with Crippen LogP contribution in [0.4, 0.5) is 5.69 Å². The van der Waals surface area contributed by atoms with E-state index in [1.807, 2.05) is 13.0 Å². The lowest BCUT2D eigenvalue weighted by Crippen LogP contribution is -2.51. The molecule has 1 aliphatic heterocycles. The summed E-state index contributed by atoms with van der Waals surface area (Å²) in [5.74, 6) is 0. The third kappa shape index (κ3) is 5.99. The van der Waals surface area contributed by atoms with E-state index in [0.29, 0.717) is 18.7 Å². The van der Waals surface area contributed by atoms with Crippen molar-refractivity contribution in [3.63, 3.8) is 0 Å². The molecule has 176 valence electrons. The number of para-hydroxylation sites is 1. The third-order valence-electron chi connectivity index (χ3n) is 6.31. The topological polar surface area (TPSA) is 62.9 Å². The van der Waals surface area contributed by atoms with Crippen LogP contribution in [0.5, 0.6) is 0 Å². The number of piperazine rings is 1. The first-order valence-electron chi connectivity index (χ1n) is 12.0. The fourth-order valence-corrected chi connectivity index (χ4v) is 4.54. The number of nitrogens with zero attached hydrogens (tertiary/aromatic N) is 3. The molecular weight excluding hydrogens is 420 g/mol. The van der Waals surface area contributed by atoms with E-state index in [4.69, 9.17) is 5.41 Å². The molecule has 0 amide bonds. The molecule has 5 nitrogen and oxygen atoms in total. The Kier molecular flexibility index (Phi) is 7.88. The second-order valence-corrected chi connectivity index (χ2v) is 9.00. The average molecular weight is 455 g/mol. The number of rotatable bonds is 8. The van der Waals surface area contributed by atoms with Crippen LogP contribution in [0.1, 0.15) is 20.3 Å². The quantitative estimate of drug-likeness (QED) is 0.451. The van der Waals surface area contributed by atoms with Crippen molar-refractivity contribution in [3.8, 4) is 22.3 Å². The van der Waals surface area contributed by atoms with Crippen LogP contribution < -0.4 is 4.90 Å². The second-order valence-electron chi connectivity index (χ2n) is 9.00. The lowest BCUT2D eigenvalue weighted by Gasteiger charge is -2.38. The number of aliphatic hydroxyl groups is 1.